The van der Waals surface area contributed by atoms with Gasteiger partial charge in [-0.2, -0.15) is 0 Å². The molecule has 0 bridgehead atoms. The molecule has 5 aliphatic heterocycles. The Hall–Kier alpha value is -1.94. The van der Waals surface area contributed by atoms with Crippen molar-refractivity contribution in [3.05, 3.63) is 0 Å². The SMILES string of the molecule is CC(=O)NC1[C@H](C)OC(CO)[C@@H](O[C@@H]2OC(CO)[C@H](O)[C@H](O[C@@H]3OC(CO)[C@@H](O)[C@H](O[C@@H]4OC(CO)[C@H](O)[C@H](O)C4O[C@@H]4OC(C)[C@@H](O)[C@H](O)C4O)C3NC(C)=O)C2O)[C@@H]1O. The van der Waals surface area contributed by atoms with Gasteiger partial charge in [0.1, 0.15) is 110 Å². The fourth-order valence-corrected chi connectivity index (χ4v) is 8.01. The maximum Gasteiger partial charge on any atom is 0.217 e. The number of nitrogens with one attached hydrogen (secondary N) is 2. The quantitative estimate of drug-likeness (QED) is 0.0770. The lowest BCUT2D eigenvalue weighted by atomic mass is 9.92. The molecule has 5 saturated heterocycles. The second-order valence-corrected chi connectivity index (χ2v) is 15.7. The average molecular weight is 893 g/mol. The van der Waals surface area contributed by atoms with Crippen LogP contribution >= 0.6 is 0 Å². The van der Waals surface area contributed by atoms with Crippen molar-refractivity contribution in [3.63, 3.8) is 0 Å². The van der Waals surface area contributed by atoms with E-state index in [0.29, 0.717) is 0 Å². The number of aliphatic hydroxyl groups excluding tert-OH is 13. The molecule has 0 spiro atoms. The highest BCUT2D eigenvalue weighted by molar-refractivity contribution is 5.73. The second kappa shape index (κ2) is 21.4. The summed E-state index contributed by atoms with van der Waals surface area (Å²) in [5, 5.41) is 144. The molecule has 10 unspecified atom stereocenters. The van der Waals surface area contributed by atoms with Gasteiger partial charge in [-0.05, 0) is 13.8 Å². The third kappa shape index (κ3) is 10.8. The third-order valence-electron chi connectivity index (χ3n) is 11.4. The van der Waals surface area contributed by atoms with Gasteiger partial charge in [-0.15, -0.1) is 0 Å². The van der Waals surface area contributed by atoms with Gasteiger partial charge in [0.25, 0.3) is 0 Å². The summed E-state index contributed by atoms with van der Waals surface area (Å²) in [4.78, 5) is 24.6. The molecule has 5 heterocycles. The molecule has 2 amide bonds. The van der Waals surface area contributed by atoms with Crippen LogP contribution in [0.15, 0.2) is 0 Å². The van der Waals surface area contributed by atoms with E-state index in [1.54, 1.807) is 0 Å². The first kappa shape index (κ1) is 50.1. The van der Waals surface area contributed by atoms with Crippen molar-refractivity contribution in [2.75, 3.05) is 26.4 Å². The summed E-state index contributed by atoms with van der Waals surface area (Å²) >= 11 is 0. The predicted molar refractivity (Wildman–Crippen MR) is 192 cm³/mol. The first-order valence-electron chi connectivity index (χ1n) is 19.8. The molecule has 5 fully saturated rings. The van der Waals surface area contributed by atoms with Gasteiger partial charge in [-0.25, -0.2) is 0 Å². The van der Waals surface area contributed by atoms with Gasteiger partial charge >= 0.3 is 0 Å². The van der Waals surface area contributed by atoms with E-state index in [9.17, 15) is 76.0 Å². The molecular weight excluding hydrogens is 832 g/mol. The Morgan fingerprint density at radius 3 is 1.44 bits per heavy atom. The van der Waals surface area contributed by atoms with Crippen LogP contribution in [0.2, 0.25) is 0 Å². The summed E-state index contributed by atoms with van der Waals surface area (Å²) in [6.45, 7) is 1.61. The number of rotatable bonds is 14. The van der Waals surface area contributed by atoms with Crippen LogP contribution in [0.4, 0.5) is 0 Å². The van der Waals surface area contributed by atoms with Crippen LogP contribution < -0.4 is 10.6 Å². The van der Waals surface area contributed by atoms with Crippen LogP contribution in [0.1, 0.15) is 27.7 Å². The van der Waals surface area contributed by atoms with Gasteiger partial charge in [0.15, 0.2) is 25.2 Å². The number of amides is 2. The fraction of sp³-hybridized carbons (Fsp3) is 0.943. The number of hydrogen-bond donors (Lipinski definition) is 15. The molecule has 0 aromatic heterocycles. The highest BCUT2D eigenvalue weighted by Gasteiger charge is 2.57. The topological polar surface area (TPSA) is 404 Å². The minimum atomic E-state index is -2.05. The van der Waals surface area contributed by atoms with E-state index < -0.39 is 191 Å². The Morgan fingerprint density at radius 2 is 0.869 bits per heavy atom. The van der Waals surface area contributed by atoms with E-state index in [1.807, 2.05) is 0 Å². The summed E-state index contributed by atoms with van der Waals surface area (Å²) in [6, 6.07) is -2.77. The Morgan fingerprint density at radius 1 is 0.410 bits per heavy atom. The molecule has 0 aliphatic carbocycles. The molecule has 354 valence electrons. The maximum atomic E-state index is 12.7. The van der Waals surface area contributed by atoms with Crippen molar-refractivity contribution in [1.82, 2.24) is 10.6 Å². The molecule has 26 nitrogen and oxygen atoms in total. The smallest absolute Gasteiger partial charge is 0.217 e. The zero-order chi connectivity index (χ0) is 45.2. The first-order valence-corrected chi connectivity index (χ1v) is 19.8. The molecular formula is C35H60N2O24. The van der Waals surface area contributed by atoms with Crippen LogP contribution in [0, 0.1) is 0 Å². The number of carbonyl (C=O) groups excluding carboxylic acids is 2. The Labute approximate surface area is 348 Å². The lowest BCUT2D eigenvalue weighted by Gasteiger charge is -2.51. The van der Waals surface area contributed by atoms with Crippen molar-refractivity contribution in [2.45, 2.75) is 181 Å². The van der Waals surface area contributed by atoms with Gasteiger partial charge in [-0.1, -0.05) is 0 Å². The average Bonchev–Trinajstić information content (AvgIpc) is 3.21. The van der Waals surface area contributed by atoms with Crippen molar-refractivity contribution in [3.8, 4) is 0 Å². The maximum absolute atomic E-state index is 12.7. The van der Waals surface area contributed by atoms with Gasteiger partial charge in [0.05, 0.1) is 44.7 Å². The first-order chi connectivity index (χ1) is 28.8. The van der Waals surface area contributed by atoms with Crippen LogP contribution in [-0.4, -0.2) is 258 Å². The molecule has 26 heteroatoms. The second-order valence-electron chi connectivity index (χ2n) is 15.7. The van der Waals surface area contributed by atoms with E-state index in [2.05, 4.69) is 10.6 Å². The lowest BCUT2D eigenvalue weighted by molar-refractivity contribution is -0.388. The van der Waals surface area contributed by atoms with Crippen molar-refractivity contribution < 1.29 is 119 Å². The van der Waals surface area contributed by atoms with Crippen LogP contribution in [0.25, 0.3) is 0 Å². The molecule has 0 saturated carbocycles. The molecule has 15 N–H and O–H groups in total. The Bertz CT molecular complexity index is 1420. The summed E-state index contributed by atoms with van der Waals surface area (Å²) < 4.78 is 52.2. The fourth-order valence-electron chi connectivity index (χ4n) is 8.01. The normalized spacial score (nSPS) is 49.6. The van der Waals surface area contributed by atoms with Gasteiger partial charge in [0, 0.05) is 13.8 Å². The zero-order valence-corrected chi connectivity index (χ0v) is 33.6. The summed E-state index contributed by atoms with van der Waals surface area (Å²) in [6.07, 6.45) is -39.2. The van der Waals surface area contributed by atoms with E-state index in [0.717, 1.165) is 6.92 Å². The summed E-state index contributed by atoms with van der Waals surface area (Å²) in [5.74, 6) is -1.34. The van der Waals surface area contributed by atoms with Crippen molar-refractivity contribution >= 4 is 11.8 Å². The minimum Gasteiger partial charge on any atom is -0.394 e. The Kier molecular flexibility index (Phi) is 17.5. The number of ether oxygens (including phenoxy) is 9. The number of hydrogen-bond acceptors (Lipinski definition) is 24. The molecule has 5 rings (SSSR count). The number of carbonyl (C=O) groups is 2. The minimum absolute atomic E-state index is 0.534. The molecule has 0 aromatic carbocycles. The van der Waals surface area contributed by atoms with Gasteiger partial charge < -0.3 is 120 Å². The summed E-state index contributed by atoms with van der Waals surface area (Å²) in [5.41, 5.74) is 0. The largest absolute Gasteiger partial charge is 0.394 e. The zero-order valence-electron chi connectivity index (χ0n) is 33.6. The van der Waals surface area contributed by atoms with Crippen LogP contribution in [0.5, 0.6) is 0 Å². The highest BCUT2D eigenvalue weighted by atomic mass is 16.8. The predicted octanol–water partition coefficient (Wildman–Crippen LogP) is -9.54. The van der Waals surface area contributed by atoms with Gasteiger partial charge in [-0.3, -0.25) is 9.59 Å². The van der Waals surface area contributed by atoms with Gasteiger partial charge in [0.2, 0.25) is 11.8 Å². The molecule has 0 aromatic rings. The van der Waals surface area contributed by atoms with Crippen molar-refractivity contribution in [1.29, 1.82) is 0 Å². The Balaban J connectivity index is 1.44. The number of aliphatic hydroxyl groups is 13. The van der Waals surface area contributed by atoms with Crippen LogP contribution in [-0.2, 0) is 52.2 Å². The van der Waals surface area contributed by atoms with E-state index >= 15 is 0 Å². The molecule has 5 aliphatic rings. The molecule has 0 radical (unpaired) electrons. The van der Waals surface area contributed by atoms with E-state index in [4.69, 9.17) is 42.6 Å². The van der Waals surface area contributed by atoms with E-state index in [1.165, 1.54) is 20.8 Å². The van der Waals surface area contributed by atoms with E-state index in [-0.39, 0.29) is 0 Å². The lowest BCUT2D eigenvalue weighted by Crippen LogP contribution is -2.70. The third-order valence-corrected chi connectivity index (χ3v) is 11.4. The molecule has 25 atom stereocenters. The monoisotopic (exact) mass is 892 g/mol. The molecule has 61 heavy (non-hydrogen) atoms. The summed E-state index contributed by atoms with van der Waals surface area (Å²) in [7, 11) is 0. The standard InChI is InChI=1S/C35H60N2O24/c1-9-17(36-11(3)42)23(48)28(16(8-41)53-9)58-34-27(52)30(22(47)15(7-40)56-34)60-32-18(37-12(4)43)29(21(46)14(6-39)55-32)59-35-31(25(50)20(45)13(5-38)57-35)61-33-26(51)24(49)19(44)10(2)54-33/h9-10,13-35,38-41,44-52H,5-8H2,1-4H3,(H,36,42)(H,37,43)/t9-,10?,13?,14?,15?,16?,17?,18?,19+,20-,21+,22-,23+,24-,25-,26?,27?,28+,29+,30-,31?,32-,33-,34-,35-/m0/s1. The van der Waals surface area contributed by atoms with Crippen molar-refractivity contribution in [2.24, 2.45) is 0 Å². The highest BCUT2D eigenvalue weighted by Crippen LogP contribution is 2.36. The van der Waals surface area contributed by atoms with Crippen LogP contribution in [0.3, 0.4) is 0 Å².